The fourth-order valence-electron chi connectivity index (χ4n) is 3.59. The minimum absolute atomic E-state index is 0.0885. The van der Waals surface area contributed by atoms with Gasteiger partial charge in [0, 0.05) is 38.8 Å². The molecule has 0 atom stereocenters. The quantitative estimate of drug-likeness (QED) is 0.844. The summed E-state index contributed by atoms with van der Waals surface area (Å²) in [5, 5.41) is 7.05. The molecule has 0 bridgehead atoms. The Hall–Kier alpha value is -3.03. The number of hydrogen-bond donors (Lipinski definition) is 1. The van der Waals surface area contributed by atoms with Crippen molar-refractivity contribution < 1.29 is 19.1 Å². The van der Waals surface area contributed by atoms with E-state index in [0.29, 0.717) is 31.5 Å². The van der Waals surface area contributed by atoms with Gasteiger partial charge in [-0.15, -0.1) is 0 Å². The molecule has 1 fully saturated rings. The van der Waals surface area contributed by atoms with Gasteiger partial charge < -0.3 is 19.7 Å². The maximum atomic E-state index is 12.5. The SMILES string of the molecule is Cn1cc(C(=O)NC2CCN(C(=O)CCc3ccc4c(c3)OCO4)CC2)cn1. The molecule has 8 heteroatoms. The fourth-order valence-corrected chi connectivity index (χ4v) is 3.59. The Kier molecular flexibility index (Phi) is 5.18. The number of aryl methyl sites for hydroxylation is 2. The van der Waals surface area contributed by atoms with Crippen LogP contribution in [0.3, 0.4) is 0 Å². The van der Waals surface area contributed by atoms with Crippen LogP contribution < -0.4 is 14.8 Å². The minimum atomic E-state index is -0.110. The Morgan fingerprint density at radius 2 is 2.00 bits per heavy atom. The summed E-state index contributed by atoms with van der Waals surface area (Å²) >= 11 is 0. The summed E-state index contributed by atoms with van der Waals surface area (Å²) in [4.78, 5) is 26.6. The first kappa shape index (κ1) is 18.3. The number of nitrogens with one attached hydrogen (secondary N) is 1. The van der Waals surface area contributed by atoms with E-state index >= 15 is 0 Å². The van der Waals surface area contributed by atoms with Gasteiger partial charge in [-0.25, -0.2) is 0 Å². The average molecular weight is 384 g/mol. The first-order chi connectivity index (χ1) is 13.6. The molecule has 2 aliphatic rings. The maximum absolute atomic E-state index is 12.5. The predicted molar refractivity (Wildman–Crippen MR) is 101 cm³/mol. The molecule has 3 heterocycles. The molecular weight excluding hydrogens is 360 g/mol. The Labute approximate surface area is 163 Å². The zero-order chi connectivity index (χ0) is 19.5. The van der Waals surface area contributed by atoms with E-state index in [-0.39, 0.29) is 24.6 Å². The summed E-state index contributed by atoms with van der Waals surface area (Å²) in [7, 11) is 1.78. The van der Waals surface area contributed by atoms with Gasteiger partial charge in [0.15, 0.2) is 11.5 Å². The van der Waals surface area contributed by atoms with Gasteiger partial charge in [0.05, 0.1) is 11.8 Å². The van der Waals surface area contributed by atoms with Crippen LogP contribution in [0.4, 0.5) is 0 Å². The summed E-state index contributed by atoms with van der Waals surface area (Å²) in [6.45, 7) is 1.58. The van der Waals surface area contributed by atoms with Crippen molar-refractivity contribution in [3.05, 3.63) is 41.7 Å². The van der Waals surface area contributed by atoms with Crippen LogP contribution in [0.1, 0.15) is 35.2 Å². The highest BCUT2D eigenvalue weighted by atomic mass is 16.7. The number of hydrogen-bond acceptors (Lipinski definition) is 5. The van der Waals surface area contributed by atoms with E-state index in [1.54, 1.807) is 24.1 Å². The number of aromatic nitrogens is 2. The highest BCUT2D eigenvalue weighted by Crippen LogP contribution is 2.32. The highest BCUT2D eigenvalue weighted by Gasteiger charge is 2.24. The van der Waals surface area contributed by atoms with Crippen LogP contribution in [-0.2, 0) is 18.3 Å². The zero-order valence-corrected chi connectivity index (χ0v) is 15.9. The second-order valence-electron chi connectivity index (χ2n) is 7.22. The largest absolute Gasteiger partial charge is 0.454 e. The molecule has 4 rings (SSSR count). The van der Waals surface area contributed by atoms with E-state index in [4.69, 9.17) is 9.47 Å². The van der Waals surface area contributed by atoms with E-state index in [1.807, 2.05) is 23.1 Å². The van der Waals surface area contributed by atoms with Crippen molar-refractivity contribution in [2.75, 3.05) is 19.9 Å². The lowest BCUT2D eigenvalue weighted by Crippen LogP contribution is -2.46. The number of carbonyl (C=O) groups is 2. The van der Waals surface area contributed by atoms with E-state index in [9.17, 15) is 9.59 Å². The second-order valence-corrected chi connectivity index (χ2v) is 7.22. The van der Waals surface area contributed by atoms with Gasteiger partial charge in [-0.05, 0) is 37.0 Å². The summed E-state index contributed by atoms with van der Waals surface area (Å²) in [5.41, 5.74) is 1.63. The molecule has 0 unspecified atom stereocenters. The standard InChI is InChI=1S/C20H24N4O4/c1-23-12-15(11-21-23)20(26)22-16-6-8-24(9-7-16)19(25)5-3-14-2-4-17-18(10-14)28-13-27-17/h2,4,10-12,16H,3,5-9,13H2,1H3,(H,22,26). The number of piperidine rings is 1. The van der Waals surface area contributed by atoms with Crippen molar-refractivity contribution in [1.29, 1.82) is 0 Å². The summed E-state index contributed by atoms with van der Waals surface area (Å²) in [5.74, 6) is 1.54. The number of amides is 2. The van der Waals surface area contributed by atoms with Crippen LogP contribution >= 0.6 is 0 Å². The lowest BCUT2D eigenvalue weighted by atomic mass is 10.0. The first-order valence-corrected chi connectivity index (χ1v) is 9.54. The molecule has 2 amide bonds. The van der Waals surface area contributed by atoms with Crippen LogP contribution in [0, 0.1) is 0 Å². The van der Waals surface area contributed by atoms with Gasteiger partial charge in [0.25, 0.3) is 5.91 Å². The molecule has 1 aromatic heterocycles. The minimum Gasteiger partial charge on any atom is -0.454 e. The molecule has 1 aromatic carbocycles. The van der Waals surface area contributed by atoms with Gasteiger partial charge in [0.1, 0.15) is 0 Å². The van der Waals surface area contributed by atoms with Crippen LogP contribution in [0.25, 0.3) is 0 Å². The molecule has 0 radical (unpaired) electrons. The average Bonchev–Trinajstić information content (AvgIpc) is 3.35. The Morgan fingerprint density at radius 1 is 1.21 bits per heavy atom. The molecule has 148 valence electrons. The van der Waals surface area contributed by atoms with Crippen LogP contribution in [0.5, 0.6) is 11.5 Å². The van der Waals surface area contributed by atoms with E-state index in [2.05, 4.69) is 10.4 Å². The Morgan fingerprint density at radius 3 is 2.75 bits per heavy atom. The smallest absolute Gasteiger partial charge is 0.254 e. The third-order valence-electron chi connectivity index (χ3n) is 5.21. The lowest BCUT2D eigenvalue weighted by molar-refractivity contribution is -0.132. The number of benzene rings is 1. The van der Waals surface area contributed by atoms with Gasteiger partial charge in [-0.3, -0.25) is 14.3 Å². The number of ether oxygens (including phenoxy) is 2. The highest BCUT2D eigenvalue weighted by molar-refractivity contribution is 5.93. The lowest BCUT2D eigenvalue weighted by Gasteiger charge is -2.32. The van der Waals surface area contributed by atoms with E-state index < -0.39 is 0 Å². The normalized spacial score (nSPS) is 16.2. The molecular formula is C20H24N4O4. The van der Waals surface area contributed by atoms with Gasteiger partial charge in [-0.1, -0.05) is 6.07 Å². The molecule has 0 saturated carbocycles. The predicted octanol–water partition coefficient (Wildman–Crippen LogP) is 1.50. The molecule has 2 aliphatic heterocycles. The maximum Gasteiger partial charge on any atom is 0.254 e. The number of likely N-dealkylation sites (tertiary alicyclic amines) is 1. The first-order valence-electron chi connectivity index (χ1n) is 9.54. The second kappa shape index (κ2) is 7.92. The number of fused-ring (bicyclic) bond motifs is 1. The topological polar surface area (TPSA) is 85.7 Å². The van der Waals surface area contributed by atoms with Gasteiger partial charge in [0.2, 0.25) is 12.7 Å². The monoisotopic (exact) mass is 384 g/mol. The Balaban J connectivity index is 1.22. The van der Waals surface area contributed by atoms with Crippen molar-refractivity contribution in [3.8, 4) is 11.5 Å². The number of carbonyl (C=O) groups excluding carboxylic acids is 2. The van der Waals surface area contributed by atoms with Crippen molar-refractivity contribution >= 4 is 11.8 Å². The third-order valence-corrected chi connectivity index (χ3v) is 5.21. The molecule has 28 heavy (non-hydrogen) atoms. The number of rotatable bonds is 5. The van der Waals surface area contributed by atoms with Crippen LogP contribution in [-0.4, -0.2) is 52.4 Å². The molecule has 2 aromatic rings. The van der Waals surface area contributed by atoms with Crippen LogP contribution in [0.2, 0.25) is 0 Å². The summed E-state index contributed by atoms with van der Waals surface area (Å²) in [6, 6.07) is 5.89. The van der Waals surface area contributed by atoms with Crippen molar-refractivity contribution in [3.63, 3.8) is 0 Å². The molecule has 1 saturated heterocycles. The van der Waals surface area contributed by atoms with Crippen LogP contribution in [0.15, 0.2) is 30.6 Å². The molecule has 0 spiro atoms. The molecule has 1 N–H and O–H groups in total. The van der Waals surface area contributed by atoms with E-state index in [0.717, 1.165) is 29.9 Å². The zero-order valence-electron chi connectivity index (χ0n) is 15.9. The summed E-state index contributed by atoms with van der Waals surface area (Å²) in [6.07, 6.45) is 5.93. The van der Waals surface area contributed by atoms with Crippen molar-refractivity contribution in [2.24, 2.45) is 7.05 Å². The van der Waals surface area contributed by atoms with Gasteiger partial charge >= 0.3 is 0 Å². The fraction of sp³-hybridized carbons (Fsp3) is 0.450. The van der Waals surface area contributed by atoms with Crippen molar-refractivity contribution in [1.82, 2.24) is 20.0 Å². The Bertz CT molecular complexity index is 871. The summed E-state index contributed by atoms with van der Waals surface area (Å²) < 4.78 is 12.3. The third kappa shape index (κ3) is 4.11. The number of nitrogens with zero attached hydrogens (tertiary/aromatic N) is 3. The van der Waals surface area contributed by atoms with Gasteiger partial charge in [-0.2, -0.15) is 5.10 Å². The van der Waals surface area contributed by atoms with Crippen molar-refractivity contribution in [2.45, 2.75) is 31.7 Å². The molecule has 0 aliphatic carbocycles. The molecule has 8 nitrogen and oxygen atoms in total. The van der Waals surface area contributed by atoms with E-state index in [1.165, 1.54) is 0 Å².